The number of hydrogen-bond acceptors (Lipinski definition) is 3. The van der Waals surface area contributed by atoms with Crippen LogP contribution < -0.4 is 10.6 Å². The van der Waals surface area contributed by atoms with Gasteiger partial charge >= 0.3 is 0 Å². The molecule has 22 heavy (non-hydrogen) atoms. The van der Waals surface area contributed by atoms with Crippen LogP contribution in [0.4, 0.5) is 5.82 Å². The molecule has 1 aromatic heterocycles. The molecule has 1 aromatic carbocycles. The lowest BCUT2D eigenvalue weighted by Crippen LogP contribution is -2.46. The molecule has 0 aliphatic carbocycles. The molecular weight excluding hydrogens is 280 g/mol. The van der Waals surface area contributed by atoms with E-state index in [0.717, 1.165) is 17.7 Å². The highest BCUT2D eigenvalue weighted by atomic mass is 16.2. The van der Waals surface area contributed by atoms with E-state index in [1.807, 2.05) is 31.2 Å². The second-order valence-electron chi connectivity index (χ2n) is 5.42. The number of nitrogens with one attached hydrogen (secondary N) is 2. The first-order valence-corrected chi connectivity index (χ1v) is 7.35. The minimum Gasteiger partial charge on any atom is -0.344 e. The maximum absolute atomic E-state index is 12.3. The molecule has 1 saturated heterocycles. The lowest BCUT2D eigenvalue weighted by molar-refractivity contribution is -0.128. The van der Waals surface area contributed by atoms with Gasteiger partial charge in [-0.15, -0.1) is 0 Å². The molecule has 6 heteroatoms. The second kappa shape index (κ2) is 6.01. The van der Waals surface area contributed by atoms with E-state index >= 15 is 0 Å². The van der Waals surface area contributed by atoms with E-state index in [9.17, 15) is 9.59 Å². The molecule has 2 aromatic rings. The third kappa shape index (κ3) is 2.86. The maximum Gasteiger partial charge on any atom is 0.248 e. The Morgan fingerprint density at radius 3 is 2.95 bits per heavy atom. The molecule has 0 saturated carbocycles. The molecule has 2 heterocycles. The summed E-state index contributed by atoms with van der Waals surface area (Å²) in [6, 6.07) is 9.09. The van der Waals surface area contributed by atoms with Crippen molar-refractivity contribution in [1.82, 2.24) is 15.1 Å². The predicted molar refractivity (Wildman–Crippen MR) is 82.7 cm³/mol. The van der Waals surface area contributed by atoms with Gasteiger partial charge in [0, 0.05) is 12.5 Å². The fourth-order valence-electron chi connectivity index (χ4n) is 2.61. The van der Waals surface area contributed by atoms with E-state index in [-0.39, 0.29) is 11.8 Å². The monoisotopic (exact) mass is 298 g/mol. The molecule has 1 aliphatic rings. The minimum atomic E-state index is -0.471. The van der Waals surface area contributed by atoms with Crippen LogP contribution in [-0.4, -0.2) is 27.6 Å². The molecule has 6 nitrogen and oxygen atoms in total. The zero-order valence-electron chi connectivity index (χ0n) is 12.4. The smallest absolute Gasteiger partial charge is 0.248 e. The highest BCUT2D eigenvalue weighted by molar-refractivity contribution is 5.97. The second-order valence-corrected chi connectivity index (χ2v) is 5.42. The summed E-state index contributed by atoms with van der Waals surface area (Å²) >= 11 is 0. The largest absolute Gasteiger partial charge is 0.344 e. The van der Waals surface area contributed by atoms with E-state index in [1.54, 1.807) is 16.9 Å². The highest BCUT2D eigenvalue weighted by Crippen LogP contribution is 2.19. The van der Waals surface area contributed by atoms with E-state index < -0.39 is 6.04 Å². The van der Waals surface area contributed by atoms with Crippen molar-refractivity contribution in [2.45, 2.75) is 32.2 Å². The predicted octanol–water partition coefficient (Wildman–Crippen LogP) is 1.79. The van der Waals surface area contributed by atoms with Gasteiger partial charge in [-0.05, 0) is 31.4 Å². The molecule has 2 N–H and O–H groups in total. The normalized spacial score (nSPS) is 17.9. The van der Waals surface area contributed by atoms with E-state index in [1.165, 1.54) is 0 Å². The van der Waals surface area contributed by atoms with Gasteiger partial charge in [0.05, 0.1) is 11.9 Å². The van der Waals surface area contributed by atoms with Crippen molar-refractivity contribution in [1.29, 1.82) is 0 Å². The van der Waals surface area contributed by atoms with Crippen molar-refractivity contribution in [2.24, 2.45) is 0 Å². The van der Waals surface area contributed by atoms with Crippen LogP contribution in [-0.2, 0) is 9.59 Å². The van der Waals surface area contributed by atoms with Crippen LogP contribution in [0.25, 0.3) is 5.69 Å². The van der Waals surface area contributed by atoms with Crippen molar-refractivity contribution < 1.29 is 9.59 Å². The van der Waals surface area contributed by atoms with Crippen LogP contribution >= 0.6 is 0 Å². The van der Waals surface area contributed by atoms with E-state index in [4.69, 9.17) is 0 Å². The van der Waals surface area contributed by atoms with Crippen LogP contribution in [0.2, 0.25) is 0 Å². The summed E-state index contributed by atoms with van der Waals surface area (Å²) in [5.41, 5.74) is 1.98. The summed E-state index contributed by atoms with van der Waals surface area (Å²) < 4.78 is 1.69. The van der Waals surface area contributed by atoms with Crippen LogP contribution in [0, 0.1) is 6.92 Å². The SMILES string of the molecule is Cc1ccccc1-n1nccc1NC(=O)[C@H]1CCCC(=O)N1. The van der Waals surface area contributed by atoms with Gasteiger partial charge in [-0.1, -0.05) is 18.2 Å². The van der Waals surface area contributed by atoms with Crippen molar-refractivity contribution in [3.63, 3.8) is 0 Å². The lowest BCUT2D eigenvalue weighted by Gasteiger charge is -2.22. The van der Waals surface area contributed by atoms with Gasteiger partial charge in [0.25, 0.3) is 0 Å². The average molecular weight is 298 g/mol. The van der Waals surface area contributed by atoms with Gasteiger partial charge in [-0.2, -0.15) is 5.10 Å². The van der Waals surface area contributed by atoms with Gasteiger partial charge in [-0.3, -0.25) is 9.59 Å². The first kappa shape index (κ1) is 14.3. The summed E-state index contributed by atoms with van der Waals surface area (Å²) in [6.07, 6.45) is 3.53. The number of piperidine rings is 1. The van der Waals surface area contributed by atoms with Crippen molar-refractivity contribution in [2.75, 3.05) is 5.32 Å². The first-order valence-electron chi connectivity index (χ1n) is 7.35. The van der Waals surface area contributed by atoms with E-state index in [0.29, 0.717) is 18.7 Å². The van der Waals surface area contributed by atoms with Crippen molar-refractivity contribution >= 4 is 17.6 Å². The van der Waals surface area contributed by atoms with E-state index in [2.05, 4.69) is 15.7 Å². The molecule has 3 rings (SSSR count). The Morgan fingerprint density at radius 1 is 1.36 bits per heavy atom. The summed E-state index contributed by atoms with van der Waals surface area (Å²) in [5.74, 6) is 0.321. The number of hydrogen-bond donors (Lipinski definition) is 2. The molecule has 114 valence electrons. The zero-order valence-corrected chi connectivity index (χ0v) is 12.4. The molecule has 0 bridgehead atoms. The molecule has 1 aliphatic heterocycles. The van der Waals surface area contributed by atoms with Crippen LogP contribution in [0.3, 0.4) is 0 Å². The molecule has 2 amide bonds. The quantitative estimate of drug-likeness (QED) is 0.907. The summed E-state index contributed by atoms with van der Waals surface area (Å²) in [4.78, 5) is 23.7. The Kier molecular flexibility index (Phi) is 3.91. The zero-order chi connectivity index (χ0) is 15.5. The minimum absolute atomic E-state index is 0.0705. The molecule has 0 unspecified atom stereocenters. The summed E-state index contributed by atoms with van der Waals surface area (Å²) in [5, 5.41) is 9.85. The number of benzene rings is 1. The average Bonchev–Trinajstić information content (AvgIpc) is 2.95. The van der Waals surface area contributed by atoms with Crippen LogP contribution in [0.1, 0.15) is 24.8 Å². The van der Waals surface area contributed by atoms with Crippen LogP contribution in [0.15, 0.2) is 36.5 Å². The maximum atomic E-state index is 12.3. The number of nitrogens with zero attached hydrogens (tertiary/aromatic N) is 2. The fourth-order valence-corrected chi connectivity index (χ4v) is 2.61. The summed E-state index contributed by atoms with van der Waals surface area (Å²) in [6.45, 7) is 1.99. The molecule has 0 spiro atoms. The standard InChI is InChI=1S/C16H18N4O2/c1-11-5-2-3-7-13(11)20-14(9-10-17-20)19-16(22)12-6-4-8-15(21)18-12/h2-3,5,7,9-10,12H,4,6,8H2,1H3,(H,18,21)(H,19,22)/t12-/m1/s1. The fraction of sp³-hybridized carbons (Fsp3) is 0.312. The van der Waals surface area contributed by atoms with Crippen LogP contribution in [0.5, 0.6) is 0 Å². The number of aryl methyl sites for hydroxylation is 1. The number of anilines is 1. The van der Waals surface area contributed by atoms with Gasteiger partial charge in [0.2, 0.25) is 11.8 Å². The Morgan fingerprint density at radius 2 is 2.18 bits per heavy atom. The van der Waals surface area contributed by atoms with Gasteiger partial charge in [0.1, 0.15) is 11.9 Å². The van der Waals surface area contributed by atoms with Gasteiger partial charge in [-0.25, -0.2) is 4.68 Å². The third-order valence-electron chi connectivity index (χ3n) is 3.79. The lowest BCUT2D eigenvalue weighted by atomic mass is 10.0. The highest BCUT2D eigenvalue weighted by Gasteiger charge is 2.25. The number of rotatable bonds is 3. The number of carbonyl (C=O) groups is 2. The Labute approximate surface area is 128 Å². The molecule has 1 atom stereocenters. The number of aromatic nitrogens is 2. The van der Waals surface area contributed by atoms with Gasteiger partial charge in [0.15, 0.2) is 0 Å². The Hall–Kier alpha value is -2.63. The molecular formula is C16H18N4O2. The van der Waals surface area contributed by atoms with Crippen molar-refractivity contribution in [3.05, 3.63) is 42.1 Å². The number of amides is 2. The summed E-state index contributed by atoms with van der Waals surface area (Å²) in [7, 11) is 0. The molecule has 0 radical (unpaired) electrons. The number of carbonyl (C=O) groups excluding carboxylic acids is 2. The Balaban J connectivity index is 1.79. The first-order chi connectivity index (χ1) is 10.6. The topological polar surface area (TPSA) is 76.0 Å². The van der Waals surface area contributed by atoms with Gasteiger partial charge < -0.3 is 10.6 Å². The Bertz CT molecular complexity index is 708. The third-order valence-corrected chi connectivity index (χ3v) is 3.79. The van der Waals surface area contributed by atoms with Crippen molar-refractivity contribution in [3.8, 4) is 5.69 Å². The number of para-hydroxylation sites is 1. The molecule has 1 fully saturated rings.